The lowest BCUT2D eigenvalue weighted by atomic mass is 10.2. The van der Waals surface area contributed by atoms with Gasteiger partial charge in [-0.05, 0) is 12.1 Å². The lowest BCUT2D eigenvalue weighted by Crippen LogP contribution is -1.95. The van der Waals surface area contributed by atoms with Crippen molar-refractivity contribution in [2.75, 3.05) is 5.32 Å². The van der Waals surface area contributed by atoms with Crippen molar-refractivity contribution >= 4 is 22.4 Å². The van der Waals surface area contributed by atoms with E-state index in [2.05, 4.69) is 15.3 Å². The Kier molecular flexibility index (Phi) is 2.64. The van der Waals surface area contributed by atoms with E-state index in [0.29, 0.717) is 16.7 Å². The predicted molar refractivity (Wildman–Crippen MR) is 72.6 cm³/mol. The van der Waals surface area contributed by atoms with Crippen molar-refractivity contribution in [3.05, 3.63) is 48.8 Å². The first kappa shape index (κ1) is 11.3. The quantitative estimate of drug-likeness (QED) is 0.654. The van der Waals surface area contributed by atoms with Gasteiger partial charge in [-0.1, -0.05) is 18.2 Å². The van der Waals surface area contributed by atoms with Crippen LogP contribution in [0.15, 0.2) is 48.8 Å². The van der Waals surface area contributed by atoms with Crippen LogP contribution in [0.1, 0.15) is 0 Å². The second kappa shape index (κ2) is 4.45. The number of hydrogen-bond acceptors (Lipinski definition) is 5. The van der Waals surface area contributed by atoms with Crippen molar-refractivity contribution in [2.45, 2.75) is 0 Å². The third-order valence-electron chi connectivity index (χ3n) is 2.74. The first-order valence-electron chi connectivity index (χ1n) is 5.73. The van der Waals surface area contributed by atoms with Gasteiger partial charge in [-0.25, -0.2) is 9.97 Å². The van der Waals surface area contributed by atoms with Crippen LogP contribution in [0.3, 0.4) is 0 Å². The Labute approximate surface area is 109 Å². The van der Waals surface area contributed by atoms with Crippen LogP contribution in [0.5, 0.6) is 11.5 Å². The molecule has 0 aliphatic rings. The minimum absolute atomic E-state index is 0.0330. The van der Waals surface area contributed by atoms with Gasteiger partial charge in [0.1, 0.15) is 23.6 Å². The third-order valence-corrected chi connectivity index (χ3v) is 2.74. The van der Waals surface area contributed by atoms with Crippen LogP contribution in [0.4, 0.5) is 11.5 Å². The number of anilines is 2. The number of hydrogen-bond donors (Lipinski definition) is 3. The summed E-state index contributed by atoms with van der Waals surface area (Å²) in [6.07, 6.45) is 1.38. The zero-order valence-electron chi connectivity index (χ0n) is 9.91. The lowest BCUT2D eigenvalue weighted by molar-refractivity contribution is 0.455. The van der Waals surface area contributed by atoms with Crippen molar-refractivity contribution < 1.29 is 10.2 Å². The van der Waals surface area contributed by atoms with E-state index in [-0.39, 0.29) is 11.5 Å². The summed E-state index contributed by atoms with van der Waals surface area (Å²) in [5, 5.41) is 23.0. The second-order valence-corrected chi connectivity index (χ2v) is 4.07. The number of phenolic OH excluding ortho intramolecular Hbond substituents is 2. The number of fused-ring (bicyclic) bond motifs is 1. The average Bonchev–Trinajstić information content (AvgIpc) is 2.39. The molecule has 0 aliphatic heterocycles. The number of para-hydroxylation sites is 1. The molecule has 0 spiro atoms. The van der Waals surface area contributed by atoms with Gasteiger partial charge in [0.05, 0.1) is 10.9 Å². The molecule has 19 heavy (non-hydrogen) atoms. The fourth-order valence-electron chi connectivity index (χ4n) is 1.91. The molecule has 0 saturated carbocycles. The molecule has 0 aliphatic carbocycles. The highest BCUT2D eigenvalue weighted by molar-refractivity contribution is 5.96. The molecule has 0 radical (unpaired) electrons. The lowest BCUT2D eigenvalue weighted by Gasteiger charge is -2.09. The monoisotopic (exact) mass is 253 g/mol. The Morgan fingerprint density at radius 2 is 1.74 bits per heavy atom. The molecular formula is C14H11N3O2. The third kappa shape index (κ3) is 2.13. The maximum absolute atomic E-state index is 9.93. The summed E-state index contributed by atoms with van der Waals surface area (Å²) in [6, 6.07) is 12.2. The summed E-state index contributed by atoms with van der Waals surface area (Å²) in [5.74, 6) is 0.400. The minimum atomic E-state index is -0.0611. The SMILES string of the molecule is Oc1cc(O)c2c(Nc3ccccc3)ncnc2c1. The van der Waals surface area contributed by atoms with Crippen LogP contribution < -0.4 is 5.32 Å². The Hall–Kier alpha value is -2.82. The molecule has 0 saturated heterocycles. The molecule has 0 amide bonds. The van der Waals surface area contributed by atoms with Crippen LogP contribution in [0, 0.1) is 0 Å². The van der Waals surface area contributed by atoms with Crippen LogP contribution in [-0.4, -0.2) is 20.2 Å². The van der Waals surface area contributed by atoms with Gasteiger partial charge in [-0.15, -0.1) is 0 Å². The van der Waals surface area contributed by atoms with Gasteiger partial charge >= 0.3 is 0 Å². The van der Waals surface area contributed by atoms with E-state index >= 15 is 0 Å². The maximum Gasteiger partial charge on any atom is 0.145 e. The van der Waals surface area contributed by atoms with Crippen LogP contribution >= 0.6 is 0 Å². The van der Waals surface area contributed by atoms with Crippen molar-refractivity contribution in [1.29, 1.82) is 0 Å². The smallest absolute Gasteiger partial charge is 0.145 e. The first-order valence-corrected chi connectivity index (χ1v) is 5.73. The zero-order chi connectivity index (χ0) is 13.2. The van der Waals surface area contributed by atoms with Crippen molar-refractivity contribution in [2.24, 2.45) is 0 Å². The molecule has 1 heterocycles. The van der Waals surface area contributed by atoms with Gasteiger partial charge in [0.2, 0.25) is 0 Å². The Morgan fingerprint density at radius 3 is 2.53 bits per heavy atom. The molecule has 0 atom stereocenters. The normalized spacial score (nSPS) is 10.5. The Bertz CT molecular complexity index is 729. The molecule has 0 bridgehead atoms. The van der Waals surface area contributed by atoms with Gasteiger partial charge in [0.15, 0.2) is 0 Å². The van der Waals surface area contributed by atoms with Gasteiger partial charge in [0.25, 0.3) is 0 Å². The Balaban J connectivity index is 2.14. The first-order chi connectivity index (χ1) is 9.24. The number of aromatic hydroxyl groups is 2. The van der Waals surface area contributed by atoms with E-state index in [1.165, 1.54) is 18.5 Å². The standard InChI is InChI=1S/C14H11N3O2/c18-10-6-11-13(12(19)7-10)14(16-8-15-11)17-9-4-2-1-3-5-9/h1-8,18-19H,(H,15,16,17). The fraction of sp³-hybridized carbons (Fsp3) is 0. The van der Waals surface area contributed by atoms with Crippen LogP contribution in [-0.2, 0) is 0 Å². The summed E-state index contributed by atoms with van der Waals surface area (Å²) >= 11 is 0. The maximum atomic E-state index is 9.93. The summed E-state index contributed by atoms with van der Waals surface area (Å²) in [7, 11) is 0. The highest BCUT2D eigenvalue weighted by Crippen LogP contribution is 2.33. The molecular weight excluding hydrogens is 242 g/mol. The van der Waals surface area contributed by atoms with E-state index in [4.69, 9.17) is 0 Å². The van der Waals surface area contributed by atoms with Crippen molar-refractivity contribution in [3.63, 3.8) is 0 Å². The second-order valence-electron chi connectivity index (χ2n) is 4.07. The van der Waals surface area contributed by atoms with Crippen LogP contribution in [0.25, 0.3) is 10.9 Å². The summed E-state index contributed by atoms with van der Waals surface area (Å²) < 4.78 is 0. The Morgan fingerprint density at radius 1 is 0.947 bits per heavy atom. The molecule has 5 heteroatoms. The molecule has 0 fully saturated rings. The van der Waals surface area contributed by atoms with Crippen molar-refractivity contribution in [1.82, 2.24) is 9.97 Å². The molecule has 0 unspecified atom stereocenters. The highest BCUT2D eigenvalue weighted by Gasteiger charge is 2.10. The molecule has 3 N–H and O–H groups in total. The van der Waals surface area contributed by atoms with Crippen LogP contribution in [0.2, 0.25) is 0 Å². The highest BCUT2D eigenvalue weighted by atomic mass is 16.3. The molecule has 5 nitrogen and oxygen atoms in total. The largest absolute Gasteiger partial charge is 0.508 e. The van der Waals surface area contributed by atoms with E-state index in [1.54, 1.807) is 0 Å². The fourth-order valence-corrected chi connectivity index (χ4v) is 1.91. The van der Waals surface area contributed by atoms with Gasteiger partial charge in [-0.2, -0.15) is 0 Å². The number of nitrogens with one attached hydrogen (secondary N) is 1. The molecule has 1 aromatic heterocycles. The van der Waals surface area contributed by atoms with Gasteiger partial charge in [-0.3, -0.25) is 0 Å². The number of nitrogens with zero attached hydrogens (tertiary/aromatic N) is 2. The number of benzene rings is 2. The van der Waals surface area contributed by atoms with E-state index in [9.17, 15) is 10.2 Å². The molecule has 3 rings (SSSR count). The summed E-state index contributed by atoms with van der Waals surface area (Å²) in [6.45, 7) is 0. The van der Waals surface area contributed by atoms with E-state index in [0.717, 1.165) is 5.69 Å². The van der Waals surface area contributed by atoms with Crippen molar-refractivity contribution in [3.8, 4) is 11.5 Å². The number of phenols is 2. The average molecular weight is 253 g/mol. The van der Waals surface area contributed by atoms with Gasteiger partial charge < -0.3 is 15.5 Å². The van der Waals surface area contributed by atoms with E-state index in [1.807, 2.05) is 30.3 Å². The summed E-state index contributed by atoms with van der Waals surface area (Å²) in [5.41, 5.74) is 1.33. The topological polar surface area (TPSA) is 78.3 Å². The predicted octanol–water partition coefficient (Wildman–Crippen LogP) is 2.78. The summed E-state index contributed by atoms with van der Waals surface area (Å²) in [4.78, 5) is 8.16. The number of rotatable bonds is 2. The minimum Gasteiger partial charge on any atom is -0.508 e. The van der Waals surface area contributed by atoms with Gasteiger partial charge in [0, 0.05) is 17.8 Å². The zero-order valence-corrected chi connectivity index (χ0v) is 9.91. The molecule has 2 aromatic carbocycles. The van der Waals surface area contributed by atoms with E-state index < -0.39 is 0 Å². The number of aromatic nitrogens is 2. The molecule has 94 valence electrons. The molecule has 3 aromatic rings.